The van der Waals surface area contributed by atoms with Crippen molar-refractivity contribution in [3.05, 3.63) is 60.1 Å². The molecule has 4 heteroatoms. The Morgan fingerprint density at radius 1 is 1.09 bits per heavy atom. The molecule has 0 bridgehead atoms. The first-order chi connectivity index (χ1) is 11.3. The number of benzene rings is 1. The fourth-order valence-electron chi connectivity index (χ4n) is 3.81. The van der Waals surface area contributed by atoms with Gasteiger partial charge < -0.3 is 14.1 Å². The number of likely N-dealkylation sites (tertiary alicyclic amines) is 1. The zero-order chi connectivity index (χ0) is 15.7. The molecule has 1 aromatic heterocycles. The maximum atomic E-state index is 12.3. The summed E-state index contributed by atoms with van der Waals surface area (Å²) in [5, 5.41) is 0. The van der Waals surface area contributed by atoms with E-state index in [-0.39, 0.29) is 11.5 Å². The summed E-state index contributed by atoms with van der Waals surface area (Å²) in [4.78, 5) is 14.2. The number of carbonyl (C=O) groups excluding carboxylic acids is 1. The second-order valence-electron chi connectivity index (χ2n) is 6.58. The summed E-state index contributed by atoms with van der Waals surface area (Å²) in [6.07, 6.45) is 4.41. The van der Waals surface area contributed by atoms with E-state index in [1.54, 1.807) is 18.4 Å². The molecular formula is C19H21NO3. The molecule has 4 nitrogen and oxygen atoms in total. The van der Waals surface area contributed by atoms with E-state index >= 15 is 0 Å². The Morgan fingerprint density at radius 2 is 1.87 bits per heavy atom. The summed E-state index contributed by atoms with van der Waals surface area (Å²) in [7, 11) is 0. The highest BCUT2D eigenvalue weighted by Gasteiger charge is 2.43. The highest BCUT2D eigenvalue weighted by Crippen LogP contribution is 2.42. The second kappa shape index (κ2) is 5.85. The van der Waals surface area contributed by atoms with Crippen LogP contribution in [0.3, 0.4) is 0 Å². The number of rotatable bonds is 2. The number of carbonyl (C=O) groups is 1. The van der Waals surface area contributed by atoms with E-state index in [9.17, 15) is 4.79 Å². The molecule has 120 valence electrons. The highest BCUT2D eigenvalue weighted by atomic mass is 16.5. The maximum Gasteiger partial charge on any atom is 0.289 e. The highest BCUT2D eigenvalue weighted by molar-refractivity contribution is 5.91. The number of hydrogen-bond donors (Lipinski definition) is 0. The van der Waals surface area contributed by atoms with E-state index in [0.717, 1.165) is 39.0 Å². The first kappa shape index (κ1) is 14.5. The third-order valence-corrected chi connectivity index (χ3v) is 5.17. The van der Waals surface area contributed by atoms with Crippen molar-refractivity contribution in [1.82, 2.24) is 4.90 Å². The molecule has 1 unspecified atom stereocenters. The largest absolute Gasteiger partial charge is 0.459 e. The molecule has 2 aliphatic heterocycles. The van der Waals surface area contributed by atoms with Crippen LogP contribution in [0.1, 0.15) is 41.3 Å². The van der Waals surface area contributed by atoms with Gasteiger partial charge in [0.1, 0.15) is 0 Å². The van der Waals surface area contributed by atoms with E-state index in [1.165, 1.54) is 5.56 Å². The smallest absolute Gasteiger partial charge is 0.289 e. The lowest BCUT2D eigenvalue weighted by atomic mass is 9.83. The van der Waals surface area contributed by atoms with Crippen molar-refractivity contribution in [2.75, 3.05) is 19.7 Å². The molecule has 23 heavy (non-hydrogen) atoms. The molecule has 0 saturated carbocycles. The lowest BCUT2D eigenvalue weighted by Gasteiger charge is -2.38. The van der Waals surface area contributed by atoms with Crippen LogP contribution in [-0.2, 0) is 4.74 Å². The van der Waals surface area contributed by atoms with Crippen LogP contribution in [0.25, 0.3) is 0 Å². The minimum atomic E-state index is -0.0551. The Labute approximate surface area is 136 Å². The average molecular weight is 311 g/mol. The quantitative estimate of drug-likeness (QED) is 0.853. The molecule has 1 amide bonds. The first-order valence-corrected chi connectivity index (χ1v) is 8.27. The molecule has 2 aromatic rings. The van der Waals surface area contributed by atoms with Crippen molar-refractivity contribution in [1.29, 1.82) is 0 Å². The zero-order valence-corrected chi connectivity index (χ0v) is 13.1. The number of ether oxygens (including phenoxy) is 1. The number of nitrogens with zero attached hydrogens (tertiary/aromatic N) is 1. The predicted octanol–water partition coefficient (Wildman–Crippen LogP) is 3.46. The molecular weight excluding hydrogens is 290 g/mol. The van der Waals surface area contributed by atoms with Crippen LogP contribution in [0.4, 0.5) is 0 Å². The Hall–Kier alpha value is -2.07. The summed E-state index contributed by atoms with van der Waals surface area (Å²) in [6, 6.07) is 14.1. The fourth-order valence-corrected chi connectivity index (χ4v) is 3.81. The second-order valence-corrected chi connectivity index (χ2v) is 6.58. The summed E-state index contributed by atoms with van der Waals surface area (Å²) in [5.74, 6) is 0.890. The van der Waals surface area contributed by atoms with Gasteiger partial charge in [-0.3, -0.25) is 4.79 Å². The van der Waals surface area contributed by atoms with Crippen molar-refractivity contribution < 1.29 is 13.9 Å². The van der Waals surface area contributed by atoms with E-state index in [2.05, 4.69) is 24.3 Å². The van der Waals surface area contributed by atoms with Gasteiger partial charge in [-0.15, -0.1) is 0 Å². The molecule has 2 fully saturated rings. The van der Waals surface area contributed by atoms with Gasteiger partial charge in [-0.2, -0.15) is 0 Å². The van der Waals surface area contributed by atoms with Crippen LogP contribution in [0.2, 0.25) is 0 Å². The molecule has 2 aliphatic rings. The van der Waals surface area contributed by atoms with Gasteiger partial charge in [0.15, 0.2) is 5.76 Å². The summed E-state index contributed by atoms with van der Waals surface area (Å²) in [6.45, 7) is 2.26. The van der Waals surface area contributed by atoms with Crippen LogP contribution >= 0.6 is 0 Å². The fraction of sp³-hybridized carbons (Fsp3) is 0.421. The molecule has 0 radical (unpaired) electrons. The van der Waals surface area contributed by atoms with Crippen LogP contribution in [-0.4, -0.2) is 36.1 Å². The van der Waals surface area contributed by atoms with Gasteiger partial charge in [-0.05, 0) is 37.0 Å². The monoisotopic (exact) mass is 311 g/mol. The molecule has 3 heterocycles. The van der Waals surface area contributed by atoms with Crippen LogP contribution in [0.5, 0.6) is 0 Å². The molecule has 0 N–H and O–H groups in total. The molecule has 0 aliphatic carbocycles. The van der Waals surface area contributed by atoms with Gasteiger partial charge >= 0.3 is 0 Å². The van der Waals surface area contributed by atoms with Gasteiger partial charge in [0.2, 0.25) is 0 Å². The predicted molar refractivity (Wildman–Crippen MR) is 86.3 cm³/mol. The minimum Gasteiger partial charge on any atom is -0.459 e. The van der Waals surface area contributed by atoms with Crippen LogP contribution in [0, 0.1) is 0 Å². The Morgan fingerprint density at radius 3 is 2.57 bits per heavy atom. The minimum absolute atomic E-state index is 0.0116. The van der Waals surface area contributed by atoms with Crippen molar-refractivity contribution >= 4 is 5.91 Å². The lowest BCUT2D eigenvalue weighted by Crippen LogP contribution is -2.46. The summed E-state index contributed by atoms with van der Waals surface area (Å²) >= 11 is 0. The standard InChI is InChI=1S/C19H21NO3/c21-18(17-7-4-12-22-17)20-10-8-19(9-11-20)13-16(14-23-19)15-5-2-1-3-6-15/h1-7,12,16H,8-11,13-14H2. The average Bonchev–Trinajstić information content (AvgIpc) is 3.26. The van der Waals surface area contributed by atoms with Gasteiger partial charge in [0, 0.05) is 19.0 Å². The molecule has 4 rings (SSSR count). The third kappa shape index (κ3) is 2.79. The summed E-state index contributed by atoms with van der Waals surface area (Å²) < 4.78 is 11.4. The van der Waals surface area contributed by atoms with Crippen molar-refractivity contribution in [3.63, 3.8) is 0 Å². The van der Waals surface area contributed by atoms with Gasteiger partial charge in [0.05, 0.1) is 18.5 Å². The van der Waals surface area contributed by atoms with Gasteiger partial charge in [-0.25, -0.2) is 0 Å². The molecule has 1 aromatic carbocycles. The number of hydrogen-bond acceptors (Lipinski definition) is 3. The molecule has 2 saturated heterocycles. The third-order valence-electron chi connectivity index (χ3n) is 5.17. The number of amides is 1. The number of piperidine rings is 1. The van der Waals surface area contributed by atoms with E-state index < -0.39 is 0 Å². The van der Waals surface area contributed by atoms with Gasteiger partial charge in [-0.1, -0.05) is 30.3 Å². The van der Waals surface area contributed by atoms with E-state index in [4.69, 9.17) is 9.15 Å². The van der Waals surface area contributed by atoms with Crippen molar-refractivity contribution in [3.8, 4) is 0 Å². The topological polar surface area (TPSA) is 42.7 Å². The lowest BCUT2D eigenvalue weighted by molar-refractivity contribution is -0.0392. The van der Waals surface area contributed by atoms with E-state index in [1.807, 2.05) is 11.0 Å². The Kier molecular flexibility index (Phi) is 3.69. The van der Waals surface area contributed by atoms with Crippen LogP contribution in [0.15, 0.2) is 53.1 Å². The van der Waals surface area contributed by atoms with Crippen molar-refractivity contribution in [2.24, 2.45) is 0 Å². The SMILES string of the molecule is O=C(c1ccco1)N1CCC2(CC1)CC(c1ccccc1)CO2. The normalized spacial score (nSPS) is 23.3. The zero-order valence-electron chi connectivity index (χ0n) is 13.1. The first-order valence-electron chi connectivity index (χ1n) is 8.27. The van der Waals surface area contributed by atoms with Crippen molar-refractivity contribution in [2.45, 2.75) is 30.8 Å². The maximum absolute atomic E-state index is 12.3. The number of furan rings is 1. The van der Waals surface area contributed by atoms with Crippen LogP contribution < -0.4 is 0 Å². The van der Waals surface area contributed by atoms with Gasteiger partial charge in [0.25, 0.3) is 5.91 Å². The Balaban J connectivity index is 1.39. The Bertz CT molecular complexity index is 657. The molecule has 1 spiro atoms. The molecule has 1 atom stereocenters. The summed E-state index contributed by atoms with van der Waals surface area (Å²) in [5.41, 5.74) is 1.30. The van der Waals surface area contributed by atoms with E-state index in [0.29, 0.717) is 11.7 Å².